The summed E-state index contributed by atoms with van der Waals surface area (Å²) in [5.74, 6) is 0.899. The van der Waals surface area contributed by atoms with Crippen molar-refractivity contribution in [2.24, 2.45) is 0 Å². The molecule has 0 aromatic carbocycles. The van der Waals surface area contributed by atoms with Crippen molar-refractivity contribution in [2.75, 3.05) is 12.4 Å². The topological polar surface area (TPSA) is 79.9 Å². The molecule has 0 aliphatic rings. The van der Waals surface area contributed by atoms with Gasteiger partial charge in [0, 0.05) is 13.5 Å². The van der Waals surface area contributed by atoms with E-state index in [0.717, 1.165) is 0 Å². The molecule has 6 heteroatoms. The number of methoxy groups -OCH3 is 1. The first-order chi connectivity index (χ1) is 7.11. The second-order valence-electron chi connectivity index (χ2n) is 3.38. The number of hydrogen-bond acceptors (Lipinski definition) is 4. The standard InChI is InChI=1S/C9H16N4O2/c1-6(15-3)4-5-8(14)11-9-10-7(2)12-13-9/h6H,4-5H2,1-3H3,(H2,10,11,12,13,14). The van der Waals surface area contributed by atoms with E-state index in [1.54, 1.807) is 14.0 Å². The van der Waals surface area contributed by atoms with Gasteiger partial charge in [-0.2, -0.15) is 4.98 Å². The van der Waals surface area contributed by atoms with Crippen molar-refractivity contribution < 1.29 is 9.53 Å². The molecule has 1 rings (SSSR count). The fourth-order valence-corrected chi connectivity index (χ4v) is 1.04. The summed E-state index contributed by atoms with van der Waals surface area (Å²) >= 11 is 0. The van der Waals surface area contributed by atoms with Crippen LogP contribution in [0.2, 0.25) is 0 Å². The van der Waals surface area contributed by atoms with Crippen LogP contribution in [0.25, 0.3) is 0 Å². The van der Waals surface area contributed by atoms with E-state index in [4.69, 9.17) is 4.74 Å². The minimum atomic E-state index is -0.0992. The Morgan fingerprint density at radius 3 is 2.93 bits per heavy atom. The number of ether oxygens (including phenoxy) is 1. The van der Waals surface area contributed by atoms with Crippen LogP contribution in [0.3, 0.4) is 0 Å². The summed E-state index contributed by atoms with van der Waals surface area (Å²) in [5, 5.41) is 9.05. The number of aromatic nitrogens is 3. The number of aromatic amines is 1. The van der Waals surface area contributed by atoms with E-state index in [0.29, 0.717) is 24.6 Å². The highest BCUT2D eigenvalue weighted by atomic mass is 16.5. The Labute approximate surface area is 88.4 Å². The highest BCUT2D eigenvalue weighted by Crippen LogP contribution is 2.03. The van der Waals surface area contributed by atoms with Crippen LogP contribution in [0.1, 0.15) is 25.6 Å². The van der Waals surface area contributed by atoms with Gasteiger partial charge in [-0.1, -0.05) is 0 Å². The Morgan fingerprint density at radius 1 is 1.67 bits per heavy atom. The maximum Gasteiger partial charge on any atom is 0.248 e. The van der Waals surface area contributed by atoms with Gasteiger partial charge in [-0.25, -0.2) is 0 Å². The van der Waals surface area contributed by atoms with Crippen LogP contribution in [-0.4, -0.2) is 34.3 Å². The zero-order valence-electron chi connectivity index (χ0n) is 9.20. The first-order valence-electron chi connectivity index (χ1n) is 4.83. The first kappa shape index (κ1) is 11.6. The van der Waals surface area contributed by atoms with E-state index < -0.39 is 0 Å². The summed E-state index contributed by atoms with van der Waals surface area (Å²) in [6, 6.07) is 0. The van der Waals surface area contributed by atoms with Crippen LogP contribution < -0.4 is 5.32 Å². The average molecular weight is 212 g/mol. The Morgan fingerprint density at radius 2 is 2.40 bits per heavy atom. The second kappa shape index (κ2) is 5.45. The minimum absolute atomic E-state index is 0.0876. The normalized spacial score (nSPS) is 12.5. The average Bonchev–Trinajstić information content (AvgIpc) is 2.60. The number of nitrogens with zero attached hydrogens (tertiary/aromatic N) is 2. The Hall–Kier alpha value is -1.43. The third kappa shape index (κ3) is 4.07. The quantitative estimate of drug-likeness (QED) is 0.758. The summed E-state index contributed by atoms with van der Waals surface area (Å²) < 4.78 is 5.04. The molecule has 0 spiro atoms. The third-order valence-electron chi connectivity index (χ3n) is 2.03. The number of carbonyl (C=O) groups excluding carboxylic acids is 1. The van der Waals surface area contributed by atoms with Gasteiger partial charge in [-0.15, -0.1) is 5.10 Å². The monoisotopic (exact) mass is 212 g/mol. The molecule has 0 fully saturated rings. The second-order valence-corrected chi connectivity index (χ2v) is 3.38. The maximum atomic E-state index is 11.4. The van der Waals surface area contributed by atoms with E-state index in [1.807, 2.05) is 6.92 Å². The molecule has 1 aromatic rings. The maximum absolute atomic E-state index is 11.4. The fourth-order valence-electron chi connectivity index (χ4n) is 1.04. The number of carbonyl (C=O) groups is 1. The molecule has 0 aliphatic carbocycles. The van der Waals surface area contributed by atoms with Gasteiger partial charge in [-0.3, -0.25) is 15.2 Å². The lowest BCUT2D eigenvalue weighted by Crippen LogP contribution is -2.15. The molecule has 0 saturated carbocycles. The van der Waals surface area contributed by atoms with Crippen LogP contribution in [0.15, 0.2) is 0 Å². The molecule has 1 heterocycles. The van der Waals surface area contributed by atoms with Gasteiger partial charge in [-0.05, 0) is 20.3 Å². The molecular formula is C9H16N4O2. The van der Waals surface area contributed by atoms with Gasteiger partial charge in [0.25, 0.3) is 0 Å². The molecule has 1 unspecified atom stereocenters. The largest absolute Gasteiger partial charge is 0.382 e. The number of aryl methyl sites for hydroxylation is 1. The van der Waals surface area contributed by atoms with Gasteiger partial charge < -0.3 is 4.74 Å². The molecule has 1 atom stereocenters. The fraction of sp³-hybridized carbons (Fsp3) is 0.667. The van der Waals surface area contributed by atoms with Gasteiger partial charge >= 0.3 is 0 Å². The minimum Gasteiger partial charge on any atom is -0.382 e. The van der Waals surface area contributed by atoms with Crippen molar-refractivity contribution in [3.63, 3.8) is 0 Å². The van der Waals surface area contributed by atoms with Gasteiger partial charge in [0.1, 0.15) is 5.82 Å². The summed E-state index contributed by atoms with van der Waals surface area (Å²) in [5.41, 5.74) is 0. The number of amides is 1. The molecule has 2 N–H and O–H groups in total. The van der Waals surface area contributed by atoms with Crippen molar-refractivity contribution in [1.82, 2.24) is 15.2 Å². The van der Waals surface area contributed by atoms with E-state index >= 15 is 0 Å². The molecule has 0 saturated heterocycles. The highest BCUT2D eigenvalue weighted by molar-refractivity contribution is 5.88. The third-order valence-corrected chi connectivity index (χ3v) is 2.03. The number of nitrogens with one attached hydrogen (secondary N) is 2. The van der Waals surface area contributed by atoms with Crippen molar-refractivity contribution >= 4 is 11.9 Å². The molecule has 0 radical (unpaired) electrons. The molecule has 0 bridgehead atoms. The smallest absolute Gasteiger partial charge is 0.248 e. The SMILES string of the molecule is COC(C)CCC(=O)Nc1n[nH]c(C)n1. The zero-order valence-corrected chi connectivity index (χ0v) is 9.20. The molecule has 0 aliphatic heterocycles. The lowest BCUT2D eigenvalue weighted by molar-refractivity contribution is -0.116. The van der Waals surface area contributed by atoms with Crippen molar-refractivity contribution in [2.45, 2.75) is 32.8 Å². The van der Waals surface area contributed by atoms with Crippen molar-refractivity contribution in [3.05, 3.63) is 5.82 Å². The highest BCUT2D eigenvalue weighted by Gasteiger charge is 2.08. The molecule has 84 valence electrons. The van der Waals surface area contributed by atoms with Crippen LogP contribution in [0.5, 0.6) is 0 Å². The lowest BCUT2D eigenvalue weighted by Gasteiger charge is -2.07. The molecule has 1 amide bonds. The predicted molar refractivity (Wildman–Crippen MR) is 55.5 cm³/mol. The van der Waals surface area contributed by atoms with Crippen LogP contribution >= 0.6 is 0 Å². The van der Waals surface area contributed by atoms with Crippen LogP contribution in [0.4, 0.5) is 5.95 Å². The first-order valence-corrected chi connectivity index (χ1v) is 4.83. The van der Waals surface area contributed by atoms with Crippen molar-refractivity contribution in [1.29, 1.82) is 0 Å². The van der Waals surface area contributed by atoms with Crippen LogP contribution in [0, 0.1) is 6.92 Å². The summed E-state index contributed by atoms with van der Waals surface area (Å²) in [7, 11) is 1.63. The van der Waals surface area contributed by atoms with Crippen LogP contribution in [-0.2, 0) is 9.53 Å². The number of rotatable bonds is 5. The Bertz CT molecular complexity index is 324. The summed E-state index contributed by atoms with van der Waals surface area (Å²) in [6.07, 6.45) is 1.18. The lowest BCUT2D eigenvalue weighted by atomic mass is 10.2. The molecular weight excluding hydrogens is 196 g/mol. The Balaban J connectivity index is 2.30. The van der Waals surface area contributed by atoms with E-state index in [1.165, 1.54) is 0 Å². The van der Waals surface area contributed by atoms with E-state index in [2.05, 4.69) is 20.5 Å². The van der Waals surface area contributed by atoms with E-state index in [-0.39, 0.29) is 12.0 Å². The molecule has 6 nitrogen and oxygen atoms in total. The summed E-state index contributed by atoms with van der Waals surface area (Å²) in [6.45, 7) is 3.69. The summed E-state index contributed by atoms with van der Waals surface area (Å²) in [4.78, 5) is 15.3. The molecule has 1 aromatic heterocycles. The van der Waals surface area contributed by atoms with Gasteiger partial charge in [0.15, 0.2) is 0 Å². The zero-order chi connectivity index (χ0) is 11.3. The van der Waals surface area contributed by atoms with E-state index in [9.17, 15) is 4.79 Å². The predicted octanol–water partition coefficient (Wildman–Crippen LogP) is 0.867. The number of H-pyrrole nitrogens is 1. The number of anilines is 1. The Kier molecular flexibility index (Phi) is 4.23. The molecule has 15 heavy (non-hydrogen) atoms. The number of hydrogen-bond donors (Lipinski definition) is 2. The van der Waals surface area contributed by atoms with Gasteiger partial charge in [0.05, 0.1) is 6.10 Å². The van der Waals surface area contributed by atoms with Gasteiger partial charge in [0.2, 0.25) is 11.9 Å². The van der Waals surface area contributed by atoms with Crippen molar-refractivity contribution in [3.8, 4) is 0 Å².